The SMILES string of the molecule is C[C@@H](N)C(=O)ON1C(=O)CCC1=O. The van der Waals surface area contributed by atoms with Gasteiger partial charge in [-0.25, -0.2) is 4.79 Å². The van der Waals surface area contributed by atoms with E-state index in [0.717, 1.165) is 0 Å². The maximum absolute atomic E-state index is 10.9. The van der Waals surface area contributed by atoms with E-state index < -0.39 is 23.8 Å². The summed E-state index contributed by atoms with van der Waals surface area (Å²) in [4.78, 5) is 37.2. The Kier molecular flexibility index (Phi) is 2.62. The molecule has 0 aromatic carbocycles. The highest BCUT2D eigenvalue weighted by Crippen LogP contribution is 2.12. The molecule has 1 saturated heterocycles. The van der Waals surface area contributed by atoms with E-state index in [1.807, 2.05) is 0 Å². The Balaban J connectivity index is 2.58. The fraction of sp³-hybridized carbons (Fsp3) is 0.571. The lowest BCUT2D eigenvalue weighted by Crippen LogP contribution is -2.38. The summed E-state index contributed by atoms with van der Waals surface area (Å²) in [6.45, 7) is 1.41. The van der Waals surface area contributed by atoms with Crippen molar-refractivity contribution in [3.05, 3.63) is 0 Å². The highest BCUT2D eigenvalue weighted by atomic mass is 16.7. The lowest BCUT2D eigenvalue weighted by Gasteiger charge is -2.13. The van der Waals surface area contributed by atoms with Crippen molar-refractivity contribution in [3.63, 3.8) is 0 Å². The fourth-order valence-electron chi connectivity index (χ4n) is 0.831. The molecular weight excluding hydrogens is 176 g/mol. The number of hydrogen-bond donors (Lipinski definition) is 1. The Morgan fingerprint density at radius 2 is 1.92 bits per heavy atom. The average Bonchev–Trinajstić information content (AvgIpc) is 2.35. The molecule has 6 nitrogen and oxygen atoms in total. The predicted molar refractivity (Wildman–Crippen MR) is 40.8 cm³/mol. The quantitative estimate of drug-likeness (QED) is 0.555. The van der Waals surface area contributed by atoms with Crippen LogP contribution in [0, 0.1) is 0 Å². The molecule has 72 valence electrons. The van der Waals surface area contributed by atoms with Gasteiger partial charge in [0.15, 0.2) is 0 Å². The number of carbonyl (C=O) groups excluding carboxylic acids is 3. The van der Waals surface area contributed by atoms with E-state index >= 15 is 0 Å². The number of amides is 2. The van der Waals surface area contributed by atoms with Crippen molar-refractivity contribution >= 4 is 17.8 Å². The molecule has 0 aliphatic carbocycles. The molecule has 2 amide bonds. The summed E-state index contributed by atoms with van der Waals surface area (Å²) >= 11 is 0. The average molecular weight is 186 g/mol. The zero-order valence-electron chi connectivity index (χ0n) is 7.15. The topological polar surface area (TPSA) is 89.7 Å². The molecule has 0 radical (unpaired) electrons. The second-order valence-corrected chi connectivity index (χ2v) is 2.78. The number of nitrogens with zero attached hydrogens (tertiary/aromatic N) is 1. The number of carbonyl (C=O) groups is 3. The van der Waals surface area contributed by atoms with Crippen molar-refractivity contribution in [1.29, 1.82) is 0 Å². The molecule has 0 aromatic rings. The van der Waals surface area contributed by atoms with E-state index in [1.54, 1.807) is 0 Å². The molecule has 0 unspecified atom stereocenters. The third-order valence-electron chi connectivity index (χ3n) is 1.56. The molecule has 1 aliphatic heterocycles. The van der Waals surface area contributed by atoms with E-state index in [0.29, 0.717) is 5.06 Å². The van der Waals surface area contributed by atoms with Gasteiger partial charge in [-0.3, -0.25) is 9.59 Å². The van der Waals surface area contributed by atoms with Gasteiger partial charge in [0, 0.05) is 12.8 Å². The van der Waals surface area contributed by atoms with Gasteiger partial charge in [-0.1, -0.05) is 0 Å². The van der Waals surface area contributed by atoms with Gasteiger partial charge >= 0.3 is 5.97 Å². The molecule has 1 rings (SSSR count). The third-order valence-corrected chi connectivity index (χ3v) is 1.56. The van der Waals surface area contributed by atoms with Crippen molar-refractivity contribution in [2.45, 2.75) is 25.8 Å². The molecule has 2 N–H and O–H groups in total. The van der Waals surface area contributed by atoms with E-state index in [-0.39, 0.29) is 12.8 Å². The third kappa shape index (κ3) is 2.03. The Bertz CT molecular complexity index is 245. The summed E-state index contributed by atoms with van der Waals surface area (Å²) in [5.41, 5.74) is 5.18. The fourth-order valence-corrected chi connectivity index (χ4v) is 0.831. The number of hydroxylamine groups is 2. The van der Waals surface area contributed by atoms with Crippen molar-refractivity contribution in [2.75, 3.05) is 0 Å². The van der Waals surface area contributed by atoms with Gasteiger partial charge in [-0.05, 0) is 6.92 Å². The van der Waals surface area contributed by atoms with Crippen LogP contribution in [-0.4, -0.2) is 28.9 Å². The molecule has 1 atom stereocenters. The summed E-state index contributed by atoms with van der Waals surface area (Å²) in [5.74, 6) is -1.79. The minimum atomic E-state index is -0.846. The maximum atomic E-state index is 10.9. The highest BCUT2D eigenvalue weighted by Gasteiger charge is 2.33. The molecular formula is C7H10N2O4. The molecule has 1 fully saturated rings. The van der Waals surface area contributed by atoms with Crippen LogP contribution in [-0.2, 0) is 19.2 Å². The van der Waals surface area contributed by atoms with E-state index in [4.69, 9.17) is 5.73 Å². The Morgan fingerprint density at radius 3 is 2.31 bits per heavy atom. The molecule has 0 spiro atoms. The normalized spacial score (nSPS) is 19.1. The van der Waals surface area contributed by atoms with Crippen LogP contribution in [0.15, 0.2) is 0 Å². The Morgan fingerprint density at radius 1 is 1.46 bits per heavy atom. The van der Waals surface area contributed by atoms with Crippen LogP contribution in [0.4, 0.5) is 0 Å². The first-order chi connectivity index (χ1) is 6.02. The van der Waals surface area contributed by atoms with E-state index in [2.05, 4.69) is 4.84 Å². The maximum Gasteiger partial charge on any atom is 0.349 e. The highest BCUT2D eigenvalue weighted by molar-refractivity contribution is 6.01. The van der Waals surface area contributed by atoms with Gasteiger partial charge in [0.2, 0.25) is 0 Å². The lowest BCUT2D eigenvalue weighted by atomic mass is 10.4. The second-order valence-electron chi connectivity index (χ2n) is 2.78. The summed E-state index contributed by atoms with van der Waals surface area (Å²) < 4.78 is 0. The molecule has 0 aromatic heterocycles. The van der Waals surface area contributed by atoms with E-state index in [9.17, 15) is 14.4 Å². The van der Waals surface area contributed by atoms with Crippen LogP contribution in [0.25, 0.3) is 0 Å². The van der Waals surface area contributed by atoms with Crippen molar-refractivity contribution < 1.29 is 19.2 Å². The standard InChI is InChI=1S/C7H10N2O4/c1-4(8)7(12)13-9-5(10)2-3-6(9)11/h4H,2-3,8H2,1H3/t4-/m1/s1. The number of hydrogen-bond acceptors (Lipinski definition) is 5. The molecule has 13 heavy (non-hydrogen) atoms. The van der Waals surface area contributed by atoms with E-state index in [1.165, 1.54) is 6.92 Å². The molecule has 1 heterocycles. The summed E-state index contributed by atoms with van der Waals surface area (Å²) in [7, 11) is 0. The van der Waals surface area contributed by atoms with Crippen LogP contribution in [0.3, 0.4) is 0 Å². The lowest BCUT2D eigenvalue weighted by molar-refractivity contribution is -0.198. The smallest absolute Gasteiger partial charge is 0.329 e. The number of imide groups is 1. The van der Waals surface area contributed by atoms with Crippen molar-refractivity contribution in [1.82, 2.24) is 5.06 Å². The van der Waals surface area contributed by atoms with Gasteiger partial charge in [-0.2, -0.15) is 0 Å². The Hall–Kier alpha value is -1.43. The summed E-state index contributed by atoms with van der Waals surface area (Å²) in [6, 6.07) is -0.846. The van der Waals surface area contributed by atoms with Crippen LogP contribution in [0.2, 0.25) is 0 Å². The van der Waals surface area contributed by atoms with Gasteiger partial charge < -0.3 is 10.6 Å². The number of rotatable bonds is 2. The van der Waals surface area contributed by atoms with Gasteiger partial charge in [0.25, 0.3) is 11.8 Å². The minimum absolute atomic E-state index is 0.0884. The van der Waals surface area contributed by atoms with Crippen molar-refractivity contribution in [2.24, 2.45) is 5.73 Å². The largest absolute Gasteiger partial charge is 0.349 e. The molecule has 0 bridgehead atoms. The van der Waals surface area contributed by atoms with Gasteiger partial charge in [0.05, 0.1) is 0 Å². The first-order valence-electron chi connectivity index (χ1n) is 3.85. The Labute approximate surface area is 74.6 Å². The van der Waals surface area contributed by atoms with Gasteiger partial charge in [0.1, 0.15) is 6.04 Å². The second kappa shape index (κ2) is 3.53. The summed E-state index contributed by atoms with van der Waals surface area (Å²) in [5, 5.41) is 0.478. The zero-order chi connectivity index (χ0) is 10.0. The first kappa shape index (κ1) is 9.66. The van der Waals surface area contributed by atoms with Crippen LogP contribution in [0.5, 0.6) is 0 Å². The van der Waals surface area contributed by atoms with Crippen molar-refractivity contribution in [3.8, 4) is 0 Å². The van der Waals surface area contributed by atoms with Crippen LogP contribution < -0.4 is 5.73 Å². The molecule has 1 aliphatic rings. The minimum Gasteiger partial charge on any atom is -0.329 e. The number of nitrogens with two attached hydrogens (primary N) is 1. The molecule has 6 heteroatoms. The summed E-state index contributed by atoms with van der Waals surface area (Å²) in [6.07, 6.45) is 0.177. The monoisotopic (exact) mass is 186 g/mol. The van der Waals surface area contributed by atoms with Gasteiger partial charge in [-0.15, -0.1) is 5.06 Å². The predicted octanol–water partition coefficient (Wildman–Crippen LogP) is -1.06. The zero-order valence-corrected chi connectivity index (χ0v) is 7.15. The van der Waals surface area contributed by atoms with Crippen LogP contribution in [0.1, 0.15) is 19.8 Å². The van der Waals surface area contributed by atoms with Crippen LogP contribution >= 0.6 is 0 Å². The molecule has 0 saturated carbocycles. The first-order valence-corrected chi connectivity index (χ1v) is 3.85.